The van der Waals surface area contributed by atoms with Gasteiger partial charge in [0.1, 0.15) is 0 Å². The van der Waals surface area contributed by atoms with Gasteiger partial charge in [-0.15, -0.1) is 0 Å². The number of hydrogen-bond donors (Lipinski definition) is 1. The van der Waals surface area contributed by atoms with E-state index >= 15 is 0 Å². The molecule has 0 radical (unpaired) electrons. The summed E-state index contributed by atoms with van der Waals surface area (Å²) in [5.74, 6) is 1.77. The predicted octanol–water partition coefficient (Wildman–Crippen LogP) is 3.91. The van der Waals surface area contributed by atoms with E-state index in [1.54, 1.807) is 0 Å². The van der Waals surface area contributed by atoms with Crippen LogP contribution in [0.3, 0.4) is 0 Å². The maximum absolute atomic E-state index is 3.80. The Kier molecular flexibility index (Phi) is 8.01. The third-order valence-corrected chi connectivity index (χ3v) is 4.61. The van der Waals surface area contributed by atoms with Crippen LogP contribution in [-0.4, -0.2) is 36.6 Å². The first-order valence-corrected chi connectivity index (χ1v) is 8.55. The minimum absolute atomic E-state index is 0.684. The zero-order chi connectivity index (χ0) is 14.3. The van der Waals surface area contributed by atoms with Crippen molar-refractivity contribution in [2.24, 2.45) is 11.8 Å². The van der Waals surface area contributed by atoms with E-state index in [0.717, 1.165) is 17.9 Å². The van der Waals surface area contributed by atoms with Crippen LogP contribution in [0, 0.1) is 11.8 Å². The summed E-state index contributed by atoms with van der Waals surface area (Å²) < 4.78 is 0. The van der Waals surface area contributed by atoms with Crippen LogP contribution >= 0.6 is 0 Å². The van der Waals surface area contributed by atoms with Gasteiger partial charge < -0.3 is 10.2 Å². The second-order valence-corrected chi connectivity index (χ2v) is 6.83. The van der Waals surface area contributed by atoms with Crippen molar-refractivity contribution in [2.75, 3.05) is 19.6 Å². The first kappa shape index (κ1) is 17.0. The van der Waals surface area contributed by atoms with Gasteiger partial charge >= 0.3 is 0 Å². The van der Waals surface area contributed by atoms with Crippen molar-refractivity contribution in [2.45, 2.75) is 78.8 Å². The van der Waals surface area contributed by atoms with Gasteiger partial charge in [0.05, 0.1) is 0 Å². The molecule has 0 aromatic heterocycles. The van der Waals surface area contributed by atoms with Gasteiger partial charge in [0.25, 0.3) is 0 Å². The Morgan fingerprint density at radius 1 is 1.16 bits per heavy atom. The molecular weight excluding hydrogens is 232 g/mol. The van der Waals surface area contributed by atoms with Crippen LogP contribution in [0.4, 0.5) is 0 Å². The van der Waals surface area contributed by atoms with Gasteiger partial charge in [-0.05, 0) is 70.9 Å². The zero-order valence-corrected chi connectivity index (χ0v) is 13.9. The Morgan fingerprint density at radius 2 is 1.89 bits per heavy atom. The van der Waals surface area contributed by atoms with Gasteiger partial charge in [0.2, 0.25) is 0 Å². The van der Waals surface area contributed by atoms with Crippen LogP contribution < -0.4 is 5.32 Å². The van der Waals surface area contributed by atoms with Crippen molar-refractivity contribution in [3.05, 3.63) is 0 Å². The lowest BCUT2D eigenvalue weighted by Crippen LogP contribution is -2.47. The molecule has 0 heterocycles. The Hall–Kier alpha value is -0.0800. The fourth-order valence-corrected chi connectivity index (χ4v) is 3.45. The topological polar surface area (TPSA) is 15.3 Å². The molecule has 0 aliphatic heterocycles. The van der Waals surface area contributed by atoms with Crippen LogP contribution in [0.5, 0.6) is 0 Å². The largest absolute Gasteiger partial charge is 0.314 e. The molecule has 1 aliphatic carbocycles. The van der Waals surface area contributed by atoms with E-state index in [1.807, 2.05) is 0 Å². The molecule has 19 heavy (non-hydrogen) atoms. The molecule has 0 amide bonds. The van der Waals surface area contributed by atoms with Gasteiger partial charge in [-0.3, -0.25) is 0 Å². The lowest BCUT2D eigenvalue weighted by Gasteiger charge is -2.39. The van der Waals surface area contributed by atoms with E-state index in [1.165, 1.54) is 51.7 Å². The van der Waals surface area contributed by atoms with Crippen LogP contribution in [0.2, 0.25) is 0 Å². The number of rotatable bonds is 8. The normalized spacial score (nSPS) is 28.3. The second-order valence-electron chi connectivity index (χ2n) is 6.83. The zero-order valence-electron chi connectivity index (χ0n) is 13.9. The Balaban J connectivity index is 2.56. The van der Waals surface area contributed by atoms with E-state index in [2.05, 4.69) is 44.8 Å². The summed E-state index contributed by atoms with van der Waals surface area (Å²) in [7, 11) is 0. The van der Waals surface area contributed by atoms with Gasteiger partial charge in [-0.25, -0.2) is 0 Å². The number of nitrogens with one attached hydrogen (secondary N) is 1. The average Bonchev–Trinajstić information content (AvgIpc) is 2.37. The van der Waals surface area contributed by atoms with Gasteiger partial charge in [0.15, 0.2) is 0 Å². The summed E-state index contributed by atoms with van der Waals surface area (Å²) in [6.07, 6.45) is 6.72. The lowest BCUT2D eigenvalue weighted by atomic mass is 9.78. The van der Waals surface area contributed by atoms with Crippen LogP contribution in [0.25, 0.3) is 0 Å². The Labute approximate surface area is 121 Å². The molecule has 0 spiro atoms. The first-order valence-electron chi connectivity index (χ1n) is 8.55. The fourth-order valence-electron chi connectivity index (χ4n) is 3.45. The number of hydrogen-bond acceptors (Lipinski definition) is 2. The van der Waals surface area contributed by atoms with Crippen LogP contribution in [0.1, 0.15) is 66.7 Å². The van der Waals surface area contributed by atoms with E-state index < -0.39 is 0 Å². The van der Waals surface area contributed by atoms with E-state index in [4.69, 9.17) is 0 Å². The van der Waals surface area contributed by atoms with Gasteiger partial charge in [0, 0.05) is 18.6 Å². The van der Waals surface area contributed by atoms with Crippen molar-refractivity contribution < 1.29 is 0 Å². The highest BCUT2D eigenvalue weighted by atomic mass is 15.1. The summed E-state index contributed by atoms with van der Waals surface area (Å²) in [4.78, 5) is 2.68. The molecular formula is C17H36N2. The first-order chi connectivity index (χ1) is 9.08. The van der Waals surface area contributed by atoms with Crippen LogP contribution in [-0.2, 0) is 0 Å². The standard InChI is InChI=1S/C17H36N2/c1-6-10-18-17-9-8-15(5)12-16(17)13-19(11-7-2)14(3)4/h14-18H,6-13H2,1-5H3. The molecule has 1 fully saturated rings. The minimum Gasteiger partial charge on any atom is -0.314 e. The molecule has 1 saturated carbocycles. The molecule has 3 atom stereocenters. The molecule has 1 rings (SSSR count). The Bertz CT molecular complexity index is 225. The maximum Gasteiger partial charge on any atom is 0.0108 e. The second kappa shape index (κ2) is 8.97. The molecule has 1 aliphatic rings. The minimum atomic E-state index is 0.684. The van der Waals surface area contributed by atoms with Crippen LogP contribution in [0.15, 0.2) is 0 Å². The molecule has 114 valence electrons. The summed E-state index contributed by atoms with van der Waals surface area (Å²) in [5, 5.41) is 3.80. The van der Waals surface area contributed by atoms with Crippen molar-refractivity contribution in [3.63, 3.8) is 0 Å². The van der Waals surface area contributed by atoms with Crippen molar-refractivity contribution in [3.8, 4) is 0 Å². The molecule has 0 bridgehead atoms. The highest BCUT2D eigenvalue weighted by Crippen LogP contribution is 2.30. The molecule has 1 N–H and O–H groups in total. The maximum atomic E-state index is 3.80. The highest BCUT2D eigenvalue weighted by molar-refractivity contribution is 4.86. The lowest BCUT2D eigenvalue weighted by molar-refractivity contribution is 0.124. The molecule has 0 aromatic rings. The average molecular weight is 268 g/mol. The third-order valence-electron chi connectivity index (χ3n) is 4.61. The van der Waals surface area contributed by atoms with Crippen molar-refractivity contribution in [1.29, 1.82) is 0 Å². The number of nitrogens with zero attached hydrogens (tertiary/aromatic N) is 1. The molecule has 0 aromatic carbocycles. The van der Waals surface area contributed by atoms with Gasteiger partial charge in [-0.2, -0.15) is 0 Å². The van der Waals surface area contributed by atoms with Crippen molar-refractivity contribution in [1.82, 2.24) is 10.2 Å². The molecule has 0 saturated heterocycles. The molecule has 2 heteroatoms. The van der Waals surface area contributed by atoms with E-state index in [9.17, 15) is 0 Å². The SMILES string of the molecule is CCCNC1CCC(C)CC1CN(CCC)C(C)C. The van der Waals surface area contributed by atoms with E-state index in [-0.39, 0.29) is 0 Å². The predicted molar refractivity (Wildman–Crippen MR) is 85.6 cm³/mol. The fraction of sp³-hybridized carbons (Fsp3) is 1.00. The molecule has 2 nitrogen and oxygen atoms in total. The van der Waals surface area contributed by atoms with E-state index in [0.29, 0.717) is 6.04 Å². The summed E-state index contributed by atoms with van der Waals surface area (Å²) in [6, 6.07) is 1.44. The quantitative estimate of drug-likeness (QED) is 0.718. The molecule has 3 unspecified atom stereocenters. The summed E-state index contributed by atoms with van der Waals surface area (Å²) >= 11 is 0. The monoisotopic (exact) mass is 268 g/mol. The summed E-state index contributed by atoms with van der Waals surface area (Å²) in [6.45, 7) is 15.4. The highest BCUT2D eigenvalue weighted by Gasteiger charge is 2.29. The van der Waals surface area contributed by atoms with Gasteiger partial charge in [-0.1, -0.05) is 20.8 Å². The smallest absolute Gasteiger partial charge is 0.0108 e. The summed E-state index contributed by atoms with van der Waals surface area (Å²) in [5.41, 5.74) is 0. The third kappa shape index (κ3) is 5.83. The Morgan fingerprint density at radius 3 is 2.47 bits per heavy atom. The van der Waals surface area contributed by atoms with Crippen molar-refractivity contribution >= 4 is 0 Å².